The number of para-hydroxylation sites is 1. The molecule has 2 amide bonds. The summed E-state index contributed by atoms with van der Waals surface area (Å²) < 4.78 is 2.79. The number of aliphatic imine (C=N–C) groups is 1. The van der Waals surface area contributed by atoms with Crippen molar-refractivity contribution in [2.45, 2.75) is 13.1 Å². The Hall–Kier alpha value is -4.64. The number of hydrogen-bond acceptors (Lipinski definition) is 5. The van der Waals surface area contributed by atoms with Gasteiger partial charge in [0.1, 0.15) is 5.82 Å². The number of hydrogen-bond donors (Lipinski definition) is 2. The molecule has 1 aliphatic heterocycles. The van der Waals surface area contributed by atoms with Crippen molar-refractivity contribution in [3.05, 3.63) is 141 Å². The molecular formula is C31H23IN6O2. The van der Waals surface area contributed by atoms with Crippen LogP contribution in [0.1, 0.15) is 44.9 Å². The molecule has 1 unspecified atom stereocenters. The molecule has 8 nitrogen and oxygen atoms in total. The monoisotopic (exact) mass is 638 g/mol. The van der Waals surface area contributed by atoms with Crippen LogP contribution in [0.5, 0.6) is 0 Å². The van der Waals surface area contributed by atoms with Crippen LogP contribution in [0, 0.1) is 10.5 Å². The number of carbonyl (C=O) groups is 2. The Morgan fingerprint density at radius 1 is 0.850 bits per heavy atom. The maximum Gasteiger partial charge on any atom is 0.321 e. The van der Waals surface area contributed by atoms with E-state index in [1.807, 2.05) is 90.4 Å². The summed E-state index contributed by atoms with van der Waals surface area (Å²) in [5.41, 5.74) is 4.74. The average molecular weight is 638 g/mol. The first-order valence-corrected chi connectivity index (χ1v) is 13.7. The van der Waals surface area contributed by atoms with E-state index in [2.05, 4.69) is 43.4 Å². The van der Waals surface area contributed by atoms with E-state index in [9.17, 15) is 9.59 Å². The van der Waals surface area contributed by atoms with Gasteiger partial charge in [-0.15, -0.1) is 10.2 Å². The van der Waals surface area contributed by atoms with Gasteiger partial charge in [-0.1, -0.05) is 78.9 Å². The fourth-order valence-corrected chi connectivity index (χ4v) is 5.23. The number of anilines is 1. The molecular weight excluding hydrogens is 615 g/mol. The van der Waals surface area contributed by atoms with Gasteiger partial charge in [0, 0.05) is 25.8 Å². The highest BCUT2D eigenvalue weighted by molar-refractivity contribution is 14.1. The van der Waals surface area contributed by atoms with E-state index in [1.54, 1.807) is 24.3 Å². The second-order valence-electron chi connectivity index (χ2n) is 9.19. The number of aromatic nitrogens is 3. The van der Waals surface area contributed by atoms with Crippen molar-refractivity contribution in [1.82, 2.24) is 20.1 Å². The summed E-state index contributed by atoms with van der Waals surface area (Å²) in [6.45, 7) is 1.87. The minimum absolute atomic E-state index is 0.181. The lowest BCUT2D eigenvalue weighted by molar-refractivity contribution is 0.103. The molecule has 0 saturated carbocycles. The number of ketones is 1. The van der Waals surface area contributed by atoms with Gasteiger partial charge in [-0.05, 0) is 53.8 Å². The molecule has 0 saturated heterocycles. The Kier molecular flexibility index (Phi) is 6.95. The van der Waals surface area contributed by atoms with Crippen LogP contribution in [-0.2, 0) is 0 Å². The molecule has 0 radical (unpaired) electrons. The second kappa shape index (κ2) is 10.9. The lowest BCUT2D eigenvalue weighted by atomic mass is 10.0. The Bertz CT molecular complexity index is 1770. The highest BCUT2D eigenvalue weighted by atomic mass is 127. The Morgan fingerprint density at radius 3 is 2.33 bits per heavy atom. The summed E-state index contributed by atoms with van der Waals surface area (Å²) in [6, 6.07) is 31.5. The van der Waals surface area contributed by atoms with E-state index in [0.29, 0.717) is 28.5 Å². The highest BCUT2D eigenvalue weighted by Gasteiger charge is 2.29. The molecule has 1 atom stereocenters. The van der Waals surface area contributed by atoms with Gasteiger partial charge in [-0.2, -0.15) is 0 Å². The fourth-order valence-electron chi connectivity index (χ4n) is 4.74. The van der Waals surface area contributed by atoms with Crippen molar-refractivity contribution >= 4 is 45.8 Å². The van der Waals surface area contributed by atoms with Crippen molar-refractivity contribution in [3.8, 4) is 5.69 Å². The summed E-state index contributed by atoms with van der Waals surface area (Å²) >= 11 is 2.15. The van der Waals surface area contributed by atoms with Crippen LogP contribution in [0.2, 0.25) is 0 Å². The molecule has 1 aromatic heterocycles. The first-order chi connectivity index (χ1) is 19.5. The summed E-state index contributed by atoms with van der Waals surface area (Å²) in [5, 5.41) is 14.5. The highest BCUT2D eigenvalue weighted by Crippen LogP contribution is 2.30. The number of amides is 2. The number of nitrogens with zero attached hydrogens (tertiary/aromatic N) is 4. The van der Waals surface area contributed by atoms with E-state index < -0.39 is 12.2 Å². The van der Waals surface area contributed by atoms with Crippen molar-refractivity contribution in [3.63, 3.8) is 0 Å². The molecule has 0 bridgehead atoms. The molecule has 2 N–H and O–H groups in total. The topological polar surface area (TPSA) is 101 Å². The predicted molar refractivity (Wildman–Crippen MR) is 162 cm³/mol. The molecule has 4 aromatic carbocycles. The fraction of sp³-hybridized carbons (Fsp3) is 0.0645. The van der Waals surface area contributed by atoms with Gasteiger partial charge in [0.15, 0.2) is 17.8 Å². The lowest BCUT2D eigenvalue weighted by Crippen LogP contribution is -2.33. The third-order valence-electron chi connectivity index (χ3n) is 6.58. The largest absolute Gasteiger partial charge is 0.321 e. The van der Waals surface area contributed by atoms with Crippen LogP contribution in [0.3, 0.4) is 0 Å². The summed E-state index contributed by atoms with van der Waals surface area (Å²) in [4.78, 5) is 31.8. The number of benzene rings is 4. The van der Waals surface area contributed by atoms with Crippen molar-refractivity contribution in [2.24, 2.45) is 4.99 Å². The number of carbonyl (C=O) groups excluding carboxylic acids is 2. The molecule has 6 rings (SSSR count). The van der Waals surface area contributed by atoms with E-state index in [4.69, 9.17) is 4.99 Å². The number of nitrogens with one attached hydrogen (secondary N) is 2. The SMILES string of the molecule is Cc1nnc2n1-c1ccccc1C(c1ccccc1)=NC2NC(=O)Nc1ccc(I)cc1C(=O)c1ccccc1. The van der Waals surface area contributed by atoms with Crippen molar-refractivity contribution in [2.75, 3.05) is 5.32 Å². The van der Waals surface area contributed by atoms with Crippen LogP contribution in [0.4, 0.5) is 10.5 Å². The molecule has 0 spiro atoms. The zero-order valence-electron chi connectivity index (χ0n) is 21.4. The normalized spacial score (nSPS) is 13.8. The van der Waals surface area contributed by atoms with Crippen LogP contribution in [-0.4, -0.2) is 32.3 Å². The zero-order chi connectivity index (χ0) is 27.6. The quantitative estimate of drug-likeness (QED) is 0.180. The Morgan fingerprint density at radius 2 is 1.55 bits per heavy atom. The van der Waals surface area contributed by atoms with E-state index in [0.717, 1.165) is 26.1 Å². The number of rotatable bonds is 5. The molecule has 9 heteroatoms. The molecule has 40 heavy (non-hydrogen) atoms. The summed E-state index contributed by atoms with van der Waals surface area (Å²) in [5.74, 6) is 0.973. The first-order valence-electron chi connectivity index (χ1n) is 12.6. The second-order valence-corrected chi connectivity index (χ2v) is 10.4. The molecule has 0 aliphatic carbocycles. The van der Waals surface area contributed by atoms with Gasteiger partial charge < -0.3 is 10.6 Å². The van der Waals surface area contributed by atoms with Gasteiger partial charge in [0.25, 0.3) is 0 Å². The maximum atomic E-state index is 13.5. The number of aryl methyl sites for hydroxylation is 1. The van der Waals surface area contributed by atoms with Crippen LogP contribution in [0.15, 0.2) is 108 Å². The van der Waals surface area contributed by atoms with Crippen molar-refractivity contribution in [1.29, 1.82) is 0 Å². The van der Waals surface area contributed by atoms with Crippen LogP contribution >= 0.6 is 22.6 Å². The first kappa shape index (κ1) is 25.6. The number of urea groups is 1. The van der Waals surface area contributed by atoms with E-state index >= 15 is 0 Å². The summed E-state index contributed by atoms with van der Waals surface area (Å²) in [7, 11) is 0. The molecule has 196 valence electrons. The van der Waals surface area contributed by atoms with Crippen molar-refractivity contribution < 1.29 is 9.59 Å². The minimum atomic E-state index is -0.846. The molecule has 5 aromatic rings. The molecule has 1 aliphatic rings. The van der Waals surface area contributed by atoms with E-state index in [-0.39, 0.29) is 5.78 Å². The Labute approximate surface area is 244 Å². The Balaban J connectivity index is 1.37. The average Bonchev–Trinajstić information content (AvgIpc) is 3.31. The van der Waals surface area contributed by atoms with E-state index in [1.165, 1.54) is 0 Å². The van der Waals surface area contributed by atoms with Gasteiger partial charge in [0.05, 0.1) is 17.1 Å². The minimum Gasteiger partial charge on any atom is -0.309 e. The zero-order valence-corrected chi connectivity index (χ0v) is 23.5. The molecule has 2 heterocycles. The third-order valence-corrected chi connectivity index (χ3v) is 7.25. The van der Waals surface area contributed by atoms with Gasteiger partial charge in [-0.3, -0.25) is 14.4 Å². The van der Waals surface area contributed by atoms with Gasteiger partial charge >= 0.3 is 6.03 Å². The number of fused-ring (bicyclic) bond motifs is 3. The van der Waals surface area contributed by atoms with Gasteiger partial charge in [-0.25, -0.2) is 4.79 Å². The molecule has 0 fully saturated rings. The lowest BCUT2D eigenvalue weighted by Gasteiger charge is -2.16. The predicted octanol–water partition coefficient (Wildman–Crippen LogP) is 6.08. The number of halogens is 1. The maximum absolute atomic E-state index is 13.5. The smallest absolute Gasteiger partial charge is 0.309 e. The third kappa shape index (κ3) is 4.91. The van der Waals surface area contributed by atoms with Crippen LogP contribution in [0.25, 0.3) is 5.69 Å². The standard InChI is InChI=1S/C31H23IN6O2/c1-19-36-37-30-29(34-27(20-10-4-2-5-11-20)23-14-8-9-15-26(23)38(19)30)35-31(40)33-25-17-16-22(32)18-24(25)28(39)21-12-6-3-7-13-21/h2-18,29H,1H3,(H2,33,35,40). The van der Waals surface area contributed by atoms with Gasteiger partial charge in [0.2, 0.25) is 0 Å². The summed E-state index contributed by atoms with van der Waals surface area (Å²) in [6.07, 6.45) is -0.846. The van der Waals surface area contributed by atoms with Crippen LogP contribution < -0.4 is 10.6 Å².